The first-order valence-electron chi connectivity index (χ1n) is 7.98. The molecule has 1 aromatic rings. The van der Waals surface area contributed by atoms with Crippen molar-refractivity contribution in [2.24, 2.45) is 5.92 Å². The van der Waals surface area contributed by atoms with E-state index in [0.29, 0.717) is 30.1 Å². The fourth-order valence-electron chi connectivity index (χ4n) is 3.20. The SMILES string of the molecule is CC(C)c1nnc(NC(=O)C2CC(=O)N(C3CCCC3)C2)s1. The summed E-state index contributed by atoms with van der Waals surface area (Å²) in [7, 11) is 0. The molecule has 2 heterocycles. The van der Waals surface area contributed by atoms with Gasteiger partial charge in [0.15, 0.2) is 0 Å². The average Bonchev–Trinajstić information content (AvgIpc) is 3.17. The minimum Gasteiger partial charge on any atom is -0.339 e. The number of hydrogen-bond acceptors (Lipinski definition) is 5. The van der Waals surface area contributed by atoms with Crippen LogP contribution in [0.15, 0.2) is 0 Å². The Kier molecular flexibility index (Phi) is 4.42. The van der Waals surface area contributed by atoms with Crippen LogP contribution in [0.5, 0.6) is 0 Å². The third-order valence-corrected chi connectivity index (χ3v) is 5.60. The van der Waals surface area contributed by atoms with Crippen molar-refractivity contribution >= 4 is 28.3 Å². The molecule has 1 saturated carbocycles. The first kappa shape index (κ1) is 15.4. The standard InChI is InChI=1S/C15H22N4O2S/c1-9(2)14-17-18-15(22-14)16-13(21)10-7-12(20)19(8-10)11-5-3-4-6-11/h9-11H,3-8H2,1-2H3,(H,16,18,21). The lowest BCUT2D eigenvalue weighted by atomic mass is 10.1. The van der Waals surface area contributed by atoms with Crippen LogP contribution in [-0.4, -0.2) is 39.5 Å². The molecule has 120 valence electrons. The van der Waals surface area contributed by atoms with Gasteiger partial charge in [-0.2, -0.15) is 0 Å². The fraction of sp³-hybridized carbons (Fsp3) is 0.733. The smallest absolute Gasteiger partial charge is 0.231 e. The van der Waals surface area contributed by atoms with Gasteiger partial charge in [0, 0.05) is 24.9 Å². The van der Waals surface area contributed by atoms with Crippen LogP contribution < -0.4 is 5.32 Å². The molecule has 6 nitrogen and oxygen atoms in total. The molecule has 1 aromatic heterocycles. The molecule has 0 bridgehead atoms. The minimum absolute atomic E-state index is 0.111. The van der Waals surface area contributed by atoms with E-state index in [4.69, 9.17) is 0 Å². The van der Waals surface area contributed by atoms with Crippen molar-refractivity contribution < 1.29 is 9.59 Å². The van der Waals surface area contributed by atoms with Crippen molar-refractivity contribution in [3.05, 3.63) is 5.01 Å². The van der Waals surface area contributed by atoms with Crippen LogP contribution in [0.4, 0.5) is 5.13 Å². The molecule has 0 spiro atoms. The molecule has 0 radical (unpaired) electrons. The zero-order chi connectivity index (χ0) is 15.7. The van der Waals surface area contributed by atoms with Gasteiger partial charge in [-0.15, -0.1) is 10.2 Å². The van der Waals surface area contributed by atoms with Crippen LogP contribution in [-0.2, 0) is 9.59 Å². The highest BCUT2D eigenvalue weighted by Gasteiger charge is 2.38. The lowest BCUT2D eigenvalue weighted by molar-refractivity contribution is -0.129. The van der Waals surface area contributed by atoms with Crippen molar-refractivity contribution in [1.29, 1.82) is 0 Å². The summed E-state index contributed by atoms with van der Waals surface area (Å²) >= 11 is 1.40. The van der Waals surface area contributed by atoms with E-state index in [1.807, 2.05) is 18.7 Å². The second-order valence-electron chi connectivity index (χ2n) is 6.47. The monoisotopic (exact) mass is 322 g/mol. The van der Waals surface area contributed by atoms with Crippen molar-refractivity contribution in [2.75, 3.05) is 11.9 Å². The summed E-state index contributed by atoms with van der Waals surface area (Å²) in [5.74, 6) is 0.0426. The largest absolute Gasteiger partial charge is 0.339 e. The Morgan fingerprint density at radius 1 is 1.32 bits per heavy atom. The van der Waals surface area contributed by atoms with Gasteiger partial charge >= 0.3 is 0 Å². The molecule has 2 fully saturated rings. The molecule has 22 heavy (non-hydrogen) atoms. The average molecular weight is 322 g/mol. The van der Waals surface area contributed by atoms with Gasteiger partial charge in [0.1, 0.15) is 5.01 Å². The number of nitrogens with zero attached hydrogens (tertiary/aromatic N) is 3. The van der Waals surface area contributed by atoms with Gasteiger partial charge in [-0.25, -0.2) is 0 Å². The number of anilines is 1. The molecule has 1 saturated heterocycles. The molecule has 2 amide bonds. The van der Waals surface area contributed by atoms with Crippen molar-refractivity contribution in [1.82, 2.24) is 15.1 Å². The topological polar surface area (TPSA) is 75.2 Å². The number of amides is 2. The van der Waals surface area contributed by atoms with Gasteiger partial charge in [0.2, 0.25) is 16.9 Å². The van der Waals surface area contributed by atoms with E-state index in [9.17, 15) is 9.59 Å². The predicted octanol–water partition coefficient (Wildman–Crippen LogP) is 2.39. The van der Waals surface area contributed by atoms with Crippen molar-refractivity contribution in [3.8, 4) is 0 Å². The lowest BCUT2D eigenvalue weighted by Gasteiger charge is -2.23. The van der Waals surface area contributed by atoms with Gasteiger partial charge in [-0.05, 0) is 12.8 Å². The van der Waals surface area contributed by atoms with Crippen LogP contribution in [0, 0.1) is 5.92 Å². The summed E-state index contributed by atoms with van der Waals surface area (Å²) in [5.41, 5.74) is 0. The van der Waals surface area contributed by atoms with Crippen LogP contribution in [0.25, 0.3) is 0 Å². The van der Waals surface area contributed by atoms with Crippen molar-refractivity contribution in [2.45, 2.75) is 57.9 Å². The Bertz CT molecular complexity index is 566. The first-order chi connectivity index (χ1) is 10.5. The Hall–Kier alpha value is -1.50. The zero-order valence-corrected chi connectivity index (χ0v) is 13.9. The Morgan fingerprint density at radius 3 is 2.68 bits per heavy atom. The summed E-state index contributed by atoms with van der Waals surface area (Å²) in [5, 5.41) is 12.3. The van der Waals surface area contributed by atoms with E-state index in [1.54, 1.807) is 0 Å². The number of carbonyl (C=O) groups excluding carboxylic acids is 2. The maximum atomic E-state index is 12.3. The number of aromatic nitrogens is 2. The molecule has 1 aliphatic heterocycles. The van der Waals surface area contributed by atoms with E-state index in [2.05, 4.69) is 15.5 Å². The van der Waals surface area contributed by atoms with Gasteiger partial charge in [-0.3, -0.25) is 9.59 Å². The normalized spacial score (nSPS) is 22.8. The fourth-order valence-corrected chi connectivity index (χ4v) is 3.95. The number of nitrogens with one attached hydrogen (secondary N) is 1. The van der Waals surface area contributed by atoms with Crippen molar-refractivity contribution in [3.63, 3.8) is 0 Å². The number of rotatable bonds is 4. The van der Waals surface area contributed by atoms with Crippen LogP contribution in [0.3, 0.4) is 0 Å². The summed E-state index contributed by atoms with van der Waals surface area (Å²) < 4.78 is 0. The van der Waals surface area contributed by atoms with Crippen LogP contribution in [0.1, 0.15) is 56.9 Å². The second-order valence-corrected chi connectivity index (χ2v) is 7.48. The second kappa shape index (κ2) is 6.32. The molecule has 2 aliphatic rings. The van der Waals surface area contributed by atoms with E-state index in [1.165, 1.54) is 24.2 Å². The molecule has 3 rings (SSSR count). The molecule has 1 aliphatic carbocycles. The predicted molar refractivity (Wildman–Crippen MR) is 84.7 cm³/mol. The van der Waals surface area contributed by atoms with E-state index in [-0.39, 0.29) is 17.7 Å². The third kappa shape index (κ3) is 3.14. The van der Waals surface area contributed by atoms with E-state index in [0.717, 1.165) is 17.8 Å². The van der Waals surface area contributed by atoms with E-state index >= 15 is 0 Å². The van der Waals surface area contributed by atoms with Gasteiger partial charge in [0.25, 0.3) is 0 Å². The molecular formula is C15H22N4O2S. The van der Waals surface area contributed by atoms with Crippen LogP contribution >= 0.6 is 11.3 Å². The Labute approximate surface area is 134 Å². The maximum absolute atomic E-state index is 12.3. The summed E-state index contributed by atoms with van der Waals surface area (Å²) in [4.78, 5) is 26.4. The summed E-state index contributed by atoms with van der Waals surface area (Å²) in [6, 6.07) is 0.347. The van der Waals surface area contributed by atoms with E-state index < -0.39 is 0 Å². The number of carbonyl (C=O) groups is 2. The maximum Gasteiger partial charge on any atom is 0.231 e. The zero-order valence-electron chi connectivity index (χ0n) is 13.0. The highest BCUT2D eigenvalue weighted by Crippen LogP contribution is 2.30. The molecule has 1 N–H and O–H groups in total. The van der Waals surface area contributed by atoms with Gasteiger partial charge < -0.3 is 10.2 Å². The molecular weight excluding hydrogens is 300 g/mol. The first-order valence-corrected chi connectivity index (χ1v) is 8.80. The summed E-state index contributed by atoms with van der Waals surface area (Å²) in [6.45, 7) is 4.63. The summed E-state index contributed by atoms with van der Waals surface area (Å²) in [6.07, 6.45) is 4.85. The van der Waals surface area contributed by atoms with Gasteiger partial charge in [0.05, 0.1) is 5.92 Å². The van der Waals surface area contributed by atoms with Gasteiger partial charge in [-0.1, -0.05) is 38.0 Å². The Balaban J connectivity index is 1.59. The Morgan fingerprint density at radius 2 is 2.05 bits per heavy atom. The van der Waals surface area contributed by atoms with Crippen LogP contribution in [0.2, 0.25) is 0 Å². The quantitative estimate of drug-likeness (QED) is 0.923. The highest BCUT2D eigenvalue weighted by molar-refractivity contribution is 7.15. The molecule has 1 unspecified atom stereocenters. The number of hydrogen-bond donors (Lipinski definition) is 1. The third-order valence-electron chi connectivity index (χ3n) is 4.46. The molecule has 0 aromatic carbocycles. The highest BCUT2D eigenvalue weighted by atomic mass is 32.1. The number of likely N-dealkylation sites (tertiary alicyclic amines) is 1. The lowest BCUT2D eigenvalue weighted by Crippen LogP contribution is -2.35. The molecule has 7 heteroatoms. The molecule has 1 atom stereocenters. The minimum atomic E-state index is -0.264.